The minimum atomic E-state index is -0.465. The van der Waals surface area contributed by atoms with E-state index in [2.05, 4.69) is 31.9 Å². The van der Waals surface area contributed by atoms with Crippen LogP contribution in [0, 0.1) is 0 Å². The van der Waals surface area contributed by atoms with Gasteiger partial charge in [-0.1, -0.05) is 84.9 Å². The lowest BCUT2D eigenvalue weighted by molar-refractivity contribution is -0.115. The van der Waals surface area contributed by atoms with E-state index in [-0.39, 0.29) is 22.8 Å². The molecule has 0 aliphatic rings. The first-order chi connectivity index (χ1) is 21.9. The fourth-order valence-corrected chi connectivity index (χ4v) is 5.63. The standard InChI is InChI=1S/C37H30BrN3O3S/c1-25(35(42)40-33-15-9-8-14-32(33)38)45-31-22-20-30(21-23-31)39-37(44)34(41-36(43)29-12-6-3-7-13-29)24-26-16-18-28(19-17-26)27-10-4-2-5-11-27/h2-25H,1H3,(H,39,44)(H,40,42)(H,41,43)/b34-24-. The van der Waals surface area contributed by atoms with Crippen LogP contribution in [0.2, 0.25) is 0 Å². The van der Waals surface area contributed by atoms with Gasteiger partial charge in [0, 0.05) is 20.6 Å². The Kier molecular flexibility index (Phi) is 10.6. The second kappa shape index (κ2) is 15.2. The molecule has 5 aromatic carbocycles. The molecule has 224 valence electrons. The number of hydrogen-bond acceptors (Lipinski definition) is 4. The third kappa shape index (κ3) is 8.81. The van der Waals surface area contributed by atoms with Gasteiger partial charge in [0.15, 0.2) is 0 Å². The van der Waals surface area contributed by atoms with Crippen LogP contribution in [-0.2, 0) is 9.59 Å². The zero-order valence-corrected chi connectivity index (χ0v) is 26.8. The molecule has 0 bridgehead atoms. The van der Waals surface area contributed by atoms with Crippen molar-refractivity contribution in [2.24, 2.45) is 0 Å². The highest BCUT2D eigenvalue weighted by molar-refractivity contribution is 9.10. The normalized spacial score (nSPS) is 11.7. The number of nitrogens with one attached hydrogen (secondary N) is 3. The van der Waals surface area contributed by atoms with Crippen LogP contribution in [0.4, 0.5) is 11.4 Å². The topological polar surface area (TPSA) is 87.3 Å². The molecule has 0 saturated carbocycles. The van der Waals surface area contributed by atoms with E-state index in [1.54, 1.807) is 42.5 Å². The molecular formula is C37H30BrN3O3S. The van der Waals surface area contributed by atoms with E-state index in [1.165, 1.54) is 11.8 Å². The molecule has 5 aromatic rings. The molecule has 3 N–H and O–H groups in total. The lowest BCUT2D eigenvalue weighted by atomic mass is 10.0. The van der Waals surface area contributed by atoms with Gasteiger partial charge in [-0.05, 0) is 94.2 Å². The Balaban J connectivity index is 1.28. The number of amides is 3. The van der Waals surface area contributed by atoms with Gasteiger partial charge in [0.1, 0.15) is 5.70 Å². The second-order valence-electron chi connectivity index (χ2n) is 10.1. The molecule has 0 radical (unpaired) electrons. The van der Waals surface area contributed by atoms with Crippen LogP contribution < -0.4 is 16.0 Å². The molecule has 45 heavy (non-hydrogen) atoms. The first kappa shape index (κ1) is 31.5. The zero-order valence-electron chi connectivity index (χ0n) is 24.4. The zero-order chi connectivity index (χ0) is 31.6. The van der Waals surface area contributed by atoms with Crippen molar-refractivity contribution in [2.45, 2.75) is 17.1 Å². The van der Waals surface area contributed by atoms with Crippen LogP contribution in [0.15, 0.2) is 149 Å². The number of para-hydroxylation sites is 1. The van der Waals surface area contributed by atoms with E-state index < -0.39 is 5.91 Å². The van der Waals surface area contributed by atoms with Crippen LogP contribution in [-0.4, -0.2) is 23.0 Å². The van der Waals surface area contributed by atoms with Gasteiger partial charge in [-0.25, -0.2) is 0 Å². The van der Waals surface area contributed by atoms with Gasteiger partial charge in [0.2, 0.25) is 5.91 Å². The Morgan fingerprint density at radius 3 is 1.96 bits per heavy atom. The van der Waals surface area contributed by atoms with Crippen LogP contribution in [0.3, 0.4) is 0 Å². The van der Waals surface area contributed by atoms with Crippen LogP contribution >= 0.6 is 27.7 Å². The second-order valence-corrected chi connectivity index (χ2v) is 12.3. The average molecular weight is 677 g/mol. The lowest BCUT2D eigenvalue weighted by Crippen LogP contribution is -2.30. The SMILES string of the molecule is CC(Sc1ccc(NC(=O)/C(=C/c2ccc(-c3ccccc3)cc2)NC(=O)c2ccccc2)cc1)C(=O)Nc1ccccc1Br. The monoisotopic (exact) mass is 675 g/mol. The number of rotatable bonds is 10. The largest absolute Gasteiger partial charge is 0.324 e. The molecule has 0 fully saturated rings. The summed E-state index contributed by atoms with van der Waals surface area (Å²) in [5.74, 6) is -0.975. The van der Waals surface area contributed by atoms with Crippen molar-refractivity contribution in [3.8, 4) is 11.1 Å². The van der Waals surface area contributed by atoms with E-state index in [4.69, 9.17) is 0 Å². The summed E-state index contributed by atoms with van der Waals surface area (Å²) < 4.78 is 0.813. The summed E-state index contributed by atoms with van der Waals surface area (Å²) in [6.45, 7) is 1.84. The highest BCUT2D eigenvalue weighted by Crippen LogP contribution is 2.28. The molecule has 1 atom stereocenters. The van der Waals surface area contributed by atoms with Crippen molar-refractivity contribution in [3.05, 3.63) is 155 Å². The molecule has 6 nitrogen and oxygen atoms in total. The number of hydrogen-bond donors (Lipinski definition) is 3. The van der Waals surface area contributed by atoms with Gasteiger partial charge in [0.05, 0.1) is 10.9 Å². The molecule has 0 saturated heterocycles. The quantitative estimate of drug-likeness (QED) is 0.102. The maximum absolute atomic E-state index is 13.5. The van der Waals surface area contributed by atoms with Crippen molar-refractivity contribution >= 4 is 62.9 Å². The Bertz CT molecular complexity index is 1810. The molecular weight excluding hydrogens is 646 g/mol. The van der Waals surface area contributed by atoms with Gasteiger partial charge in [-0.3, -0.25) is 14.4 Å². The van der Waals surface area contributed by atoms with E-state index in [1.807, 2.05) is 104 Å². The van der Waals surface area contributed by atoms with Crippen LogP contribution in [0.25, 0.3) is 17.2 Å². The van der Waals surface area contributed by atoms with E-state index in [0.717, 1.165) is 26.1 Å². The average Bonchev–Trinajstić information content (AvgIpc) is 3.07. The van der Waals surface area contributed by atoms with Crippen molar-refractivity contribution in [1.82, 2.24) is 5.32 Å². The third-order valence-electron chi connectivity index (χ3n) is 6.78. The highest BCUT2D eigenvalue weighted by atomic mass is 79.9. The Morgan fingerprint density at radius 2 is 1.29 bits per heavy atom. The number of benzene rings is 5. The molecule has 0 aromatic heterocycles. The summed E-state index contributed by atoms with van der Waals surface area (Å²) in [5.41, 5.74) is 4.70. The summed E-state index contributed by atoms with van der Waals surface area (Å²) in [5, 5.41) is 8.24. The highest BCUT2D eigenvalue weighted by Gasteiger charge is 2.17. The molecule has 0 aliphatic carbocycles. The maximum atomic E-state index is 13.5. The van der Waals surface area contributed by atoms with E-state index >= 15 is 0 Å². The summed E-state index contributed by atoms with van der Waals surface area (Å²) in [6.07, 6.45) is 1.65. The van der Waals surface area contributed by atoms with Gasteiger partial charge < -0.3 is 16.0 Å². The summed E-state index contributed by atoms with van der Waals surface area (Å²) in [7, 11) is 0. The summed E-state index contributed by atoms with van der Waals surface area (Å²) >= 11 is 4.86. The van der Waals surface area contributed by atoms with Gasteiger partial charge in [0.25, 0.3) is 11.8 Å². The molecule has 3 amide bonds. The van der Waals surface area contributed by atoms with Crippen LogP contribution in [0.1, 0.15) is 22.8 Å². The Hall–Kier alpha value is -4.92. The third-order valence-corrected chi connectivity index (χ3v) is 8.59. The minimum absolute atomic E-state index is 0.104. The van der Waals surface area contributed by atoms with Crippen LogP contribution in [0.5, 0.6) is 0 Å². The van der Waals surface area contributed by atoms with Gasteiger partial charge >= 0.3 is 0 Å². The number of thioether (sulfide) groups is 1. The Labute approximate surface area is 275 Å². The fraction of sp³-hybridized carbons (Fsp3) is 0.0541. The smallest absolute Gasteiger partial charge is 0.272 e. The molecule has 0 heterocycles. The Morgan fingerprint density at radius 1 is 0.689 bits per heavy atom. The van der Waals surface area contributed by atoms with Gasteiger partial charge in [-0.15, -0.1) is 11.8 Å². The number of carbonyl (C=O) groups is 3. The van der Waals surface area contributed by atoms with E-state index in [9.17, 15) is 14.4 Å². The molecule has 1 unspecified atom stereocenters. The van der Waals surface area contributed by atoms with Crippen molar-refractivity contribution in [2.75, 3.05) is 10.6 Å². The predicted octanol–water partition coefficient (Wildman–Crippen LogP) is 8.65. The van der Waals surface area contributed by atoms with Crippen molar-refractivity contribution in [3.63, 3.8) is 0 Å². The molecule has 0 aliphatic heterocycles. The van der Waals surface area contributed by atoms with Crippen molar-refractivity contribution < 1.29 is 14.4 Å². The number of carbonyl (C=O) groups excluding carboxylic acids is 3. The summed E-state index contributed by atoms with van der Waals surface area (Å²) in [4.78, 5) is 40.1. The van der Waals surface area contributed by atoms with Gasteiger partial charge in [-0.2, -0.15) is 0 Å². The number of halogens is 1. The fourth-order valence-electron chi connectivity index (χ4n) is 4.38. The number of anilines is 2. The first-order valence-corrected chi connectivity index (χ1v) is 15.9. The predicted molar refractivity (Wildman–Crippen MR) is 187 cm³/mol. The maximum Gasteiger partial charge on any atom is 0.272 e. The lowest BCUT2D eigenvalue weighted by Gasteiger charge is -2.14. The summed E-state index contributed by atoms with van der Waals surface area (Å²) in [6, 6.07) is 41.2. The molecule has 5 rings (SSSR count). The first-order valence-electron chi connectivity index (χ1n) is 14.2. The van der Waals surface area contributed by atoms with Crippen molar-refractivity contribution in [1.29, 1.82) is 0 Å². The minimum Gasteiger partial charge on any atom is -0.324 e. The molecule has 0 spiro atoms. The van der Waals surface area contributed by atoms with E-state index in [0.29, 0.717) is 16.9 Å². The molecule has 8 heteroatoms.